The van der Waals surface area contributed by atoms with E-state index in [2.05, 4.69) is 278 Å². The lowest BCUT2D eigenvalue weighted by Crippen LogP contribution is -2.10. The van der Waals surface area contributed by atoms with E-state index >= 15 is 0 Å². The molecule has 1 nitrogen and oxygen atoms in total. The maximum atomic E-state index is 2.39. The van der Waals surface area contributed by atoms with Crippen LogP contribution in [0.2, 0.25) is 0 Å². The first-order chi connectivity index (χ1) is 33.2. The minimum Gasteiger partial charge on any atom is -0.310 e. The lowest BCUT2D eigenvalue weighted by molar-refractivity contribution is 1.28. The average Bonchev–Trinajstić information content (AvgIpc) is 3.41. The molecule has 0 atom stereocenters. The molecule has 0 heterocycles. The summed E-state index contributed by atoms with van der Waals surface area (Å²) in [4.78, 5) is 2.39. The van der Waals surface area contributed by atoms with Crippen LogP contribution in [0.1, 0.15) is 0 Å². The van der Waals surface area contributed by atoms with Crippen LogP contribution in [-0.2, 0) is 0 Å². The Morgan fingerprint density at radius 1 is 0.194 bits per heavy atom. The monoisotopic (exact) mass is 851 g/mol. The van der Waals surface area contributed by atoms with Crippen LogP contribution in [0.15, 0.2) is 273 Å². The molecule has 0 radical (unpaired) electrons. The lowest BCUT2D eigenvalue weighted by Gasteiger charge is -2.27. The number of nitrogens with zero attached hydrogens (tertiary/aromatic N) is 1. The highest BCUT2D eigenvalue weighted by atomic mass is 15.1. The molecule has 0 unspecified atom stereocenters. The SMILES string of the molecule is c1ccc(-c2ccc(-c3ccc(N(c4ccc(-c5ccc6ccccc6c5-c5ccccc5)cc4)c4cccc(-c5ccc6c(ccc7ccccc76)c5)c4)cc3)cc2-c2ccccc2)cc1. The molecule has 67 heavy (non-hydrogen) atoms. The summed E-state index contributed by atoms with van der Waals surface area (Å²) in [6.07, 6.45) is 0. The summed E-state index contributed by atoms with van der Waals surface area (Å²) in [7, 11) is 0. The van der Waals surface area contributed by atoms with E-state index < -0.39 is 0 Å². The fraction of sp³-hybridized carbons (Fsp3) is 0. The van der Waals surface area contributed by atoms with Crippen molar-refractivity contribution in [1.29, 1.82) is 0 Å². The molecule has 0 bridgehead atoms. The van der Waals surface area contributed by atoms with Crippen LogP contribution in [0.5, 0.6) is 0 Å². The highest BCUT2D eigenvalue weighted by Gasteiger charge is 2.18. The Hall–Kier alpha value is -8.78. The second kappa shape index (κ2) is 17.3. The van der Waals surface area contributed by atoms with Gasteiger partial charge in [0.15, 0.2) is 0 Å². The van der Waals surface area contributed by atoms with E-state index in [1.807, 2.05) is 0 Å². The molecule has 0 aliphatic rings. The second-order valence-electron chi connectivity index (χ2n) is 17.3. The van der Waals surface area contributed by atoms with Gasteiger partial charge in [-0.2, -0.15) is 0 Å². The summed E-state index contributed by atoms with van der Waals surface area (Å²) in [6, 6.07) is 99.4. The Morgan fingerprint density at radius 3 is 1.34 bits per heavy atom. The molecule has 314 valence electrons. The molecule has 0 fully saturated rings. The van der Waals surface area contributed by atoms with Crippen LogP contribution >= 0.6 is 0 Å². The molecular weight excluding hydrogens is 807 g/mol. The van der Waals surface area contributed by atoms with E-state index in [4.69, 9.17) is 0 Å². The summed E-state index contributed by atoms with van der Waals surface area (Å²) in [5, 5.41) is 7.53. The second-order valence-corrected chi connectivity index (χ2v) is 17.3. The third-order valence-electron chi connectivity index (χ3n) is 13.3. The van der Waals surface area contributed by atoms with Crippen LogP contribution in [0.4, 0.5) is 17.1 Å². The summed E-state index contributed by atoms with van der Waals surface area (Å²) >= 11 is 0. The molecule has 0 amide bonds. The first-order valence-corrected chi connectivity index (χ1v) is 23.1. The van der Waals surface area contributed by atoms with E-state index in [9.17, 15) is 0 Å². The zero-order valence-electron chi connectivity index (χ0n) is 36.9. The van der Waals surface area contributed by atoms with E-state index in [1.165, 1.54) is 93.5 Å². The zero-order valence-corrected chi connectivity index (χ0v) is 36.9. The number of hydrogen-bond donors (Lipinski definition) is 0. The standard InChI is InChI=1S/C66H45N/c1-4-15-47(16-5-1)61-40-35-55(45-65(61)48-17-6-2-7-18-48)46-29-36-57(37-30-46)67(59-24-14-23-53(44-59)54-34-41-62-56(43-54)28-27-49-19-10-12-25-60(49)62)58-38-31-51(32-39-58)64-42-33-50-20-11-13-26-63(50)66(64)52-21-8-3-9-22-52/h1-45H. The van der Waals surface area contributed by atoms with Crippen molar-refractivity contribution in [3.05, 3.63) is 273 Å². The molecule has 0 saturated heterocycles. The fourth-order valence-corrected chi connectivity index (χ4v) is 9.94. The van der Waals surface area contributed by atoms with Gasteiger partial charge < -0.3 is 4.90 Å². The largest absolute Gasteiger partial charge is 0.310 e. The summed E-state index contributed by atoms with van der Waals surface area (Å²) in [6.45, 7) is 0. The predicted octanol–water partition coefficient (Wildman–Crippen LogP) is 18.6. The molecule has 0 aliphatic carbocycles. The highest BCUT2D eigenvalue weighted by molar-refractivity contribution is 6.08. The van der Waals surface area contributed by atoms with Crippen molar-refractivity contribution in [2.45, 2.75) is 0 Å². The van der Waals surface area contributed by atoms with Gasteiger partial charge in [-0.1, -0.05) is 224 Å². The maximum absolute atomic E-state index is 2.39. The Labute approximate surface area is 392 Å². The molecule has 0 aliphatic heterocycles. The van der Waals surface area contributed by atoms with Crippen LogP contribution in [0, 0.1) is 0 Å². The Bertz CT molecular complexity index is 3710. The van der Waals surface area contributed by atoms with Gasteiger partial charge in [-0.25, -0.2) is 0 Å². The number of anilines is 3. The zero-order chi connectivity index (χ0) is 44.5. The van der Waals surface area contributed by atoms with Gasteiger partial charge in [0.1, 0.15) is 0 Å². The number of rotatable bonds is 9. The van der Waals surface area contributed by atoms with Gasteiger partial charge >= 0.3 is 0 Å². The smallest absolute Gasteiger partial charge is 0.0467 e. The number of benzene rings is 12. The normalized spacial score (nSPS) is 11.3. The van der Waals surface area contributed by atoms with Crippen LogP contribution in [0.25, 0.3) is 99.1 Å². The van der Waals surface area contributed by atoms with Gasteiger partial charge in [0.2, 0.25) is 0 Å². The molecule has 12 aromatic rings. The summed E-state index contributed by atoms with van der Waals surface area (Å²) in [5.74, 6) is 0. The molecular formula is C66H45N. The average molecular weight is 852 g/mol. The van der Waals surface area contributed by atoms with Crippen LogP contribution in [0.3, 0.4) is 0 Å². The summed E-state index contributed by atoms with van der Waals surface area (Å²) in [5.41, 5.74) is 17.7. The Balaban J connectivity index is 0.960. The summed E-state index contributed by atoms with van der Waals surface area (Å²) < 4.78 is 0. The van der Waals surface area contributed by atoms with E-state index in [0.29, 0.717) is 0 Å². The van der Waals surface area contributed by atoms with Gasteiger partial charge in [-0.05, 0) is 148 Å². The molecule has 0 N–H and O–H groups in total. The first kappa shape index (κ1) is 39.8. The molecule has 1 heteroatoms. The molecule has 12 aromatic carbocycles. The Kier molecular flexibility index (Phi) is 10.3. The third kappa shape index (κ3) is 7.63. The van der Waals surface area contributed by atoms with Crippen molar-refractivity contribution in [3.63, 3.8) is 0 Å². The third-order valence-corrected chi connectivity index (χ3v) is 13.3. The molecule has 0 aromatic heterocycles. The van der Waals surface area contributed by atoms with Crippen molar-refractivity contribution >= 4 is 49.4 Å². The van der Waals surface area contributed by atoms with Crippen molar-refractivity contribution in [2.75, 3.05) is 4.90 Å². The number of hydrogen-bond acceptors (Lipinski definition) is 1. The van der Waals surface area contributed by atoms with Crippen LogP contribution < -0.4 is 4.90 Å². The fourth-order valence-electron chi connectivity index (χ4n) is 9.94. The van der Waals surface area contributed by atoms with E-state index in [0.717, 1.165) is 22.6 Å². The quantitative estimate of drug-likeness (QED) is 0.131. The Morgan fingerprint density at radius 2 is 0.642 bits per heavy atom. The van der Waals surface area contributed by atoms with Gasteiger partial charge in [0.05, 0.1) is 0 Å². The van der Waals surface area contributed by atoms with Gasteiger partial charge in [-0.3, -0.25) is 0 Å². The topological polar surface area (TPSA) is 3.24 Å². The molecule has 0 spiro atoms. The maximum Gasteiger partial charge on any atom is 0.0467 e. The van der Waals surface area contributed by atoms with Crippen molar-refractivity contribution in [1.82, 2.24) is 0 Å². The van der Waals surface area contributed by atoms with Crippen molar-refractivity contribution in [2.24, 2.45) is 0 Å². The van der Waals surface area contributed by atoms with Gasteiger partial charge in [-0.15, -0.1) is 0 Å². The molecule has 12 rings (SSSR count). The van der Waals surface area contributed by atoms with Crippen molar-refractivity contribution < 1.29 is 0 Å². The molecule has 0 saturated carbocycles. The van der Waals surface area contributed by atoms with E-state index in [-0.39, 0.29) is 0 Å². The first-order valence-electron chi connectivity index (χ1n) is 23.1. The lowest BCUT2D eigenvalue weighted by atomic mass is 9.89. The highest BCUT2D eigenvalue weighted by Crippen LogP contribution is 2.43. The van der Waals surface area contributed by atoms with Crippen molar-refractivity contribution in [3.8, 4) is 66.8 Å². The minimum absolute atomic E-state index is 1.08. The van der Waals surface area contributed by atoms with Gasteiger partial charge in [0, 0.05) is 17.1 Å². The van der Waals surface area contributed by atoms with E-state index in [1.54, 1.807) is 0 Å². The van der Waals surface area contributed by atoms with Gasteiger partial charge in [0.25, 0.3) is 0 Å². The number of fused-ring (bicyclic) bond motifs is 4. The van der Waals surface area contributed by atoms with Crippen LogP contribution in [-0.4, -0.2) is 0 Å². The minimum atomic E-state index is 1.08. The predicted molar refractivity (Wildman–Crippen MR) is 286 cm³/mol.